The van der Waals surface area contributed by atoms with E-state index in [-0.39, 0.29) is 57.3 Å². The van der Waals surface area contributed by atoms with Gasteiger partial charge in [-0.25, -0.2) is 9.55 Å². The quantitative estimate of drug-likeness (QED) is 0.0363. The molecule has 3 atom stereocenters. The van der Waals surface area contributed by atoms with Gasteiger partial charge in [-0.2, -0.15) is 0 Å². The number of rotatable bonds is 47. The molecular weight excluding hydrogens is 806 g/mol. The summed E-state index contributed by atoms with van der Waals surface area (Å²) in [7, 11) is -2.87. The average molecular weight is 898 g/mol. The number of phosphoric ester groups is 1. The number of aromatic amines is 1. The molecular formula is C49H92N3O9P. The second-order valence-corrected chi connectivity index (χ2v) is 19.2. The van der Waals surface area contributed by atoms with Crippen molar-refractivity contribution in [2.45, 2.75) is 251 Å². The predicted octanol–water partition coefficient (Wildman–Crippen LogP) is 13.4. The van der Waals surface area contributed by atoms with Crippen LogP contribution in [-0.2, 0) is 48.4 Å². The highest BCUT2D eigenvalue weighted by Gasteiger charge is 2.29. The normalized spacial score (nSPS) is 13.5. The van der Waals surface area contributed by atoms with Crippen LogP contribution in [0.1, 0.15) is 238 Å². The smallest absolute Gasteiger partial charge is 0.462 e. The Balaban J connectivity index is 2.41. The van der Waals surface area contributed by atoms with Crippen LogP contribution in [0.15, 0.2) is 12.5 Å². The van der Waals surface area contributed by atoms with Crippen molar-refractivity contribution >= 4 is 25.5 Å². The van der Waals surface area contributed by atoms with Gasteiger partial charge in [0.25, 0.3) is 0 Å². The number of H-pyrrole nitrogens is 1. The maximum atomic E-state index is 13.3. The Morgan fingerprint density at radius 1 is 0.597 bits per heavy atom. The molecule has 0 radical (unpaired) electrons. The number of nitrogens with one attached hydrogen (secondary N) is 1. The maximum Gasteiger partial charge on any atom is 0.474 e. The third kappa shape index (κ3) is 35.3. The van der Waals surface area contributed by atoms with Gasteiger partial charge < -0.3 is 20.2 Å². The molecule has 0 aromatic carbocycles. The molecule has 1 aromatic rings. The molecule has 12 nitrogen and oxygen atoms in total. The molecule has 1 rings (SSSR count). The molecule has 3 N–H and O–H groups in total. The van der Waals surface area contributed by atoms with E-state index in [0.717, 1.165) is 44.2 Å². The van der Waals surface area contributed by atoms with E-state index < -0.39 is 25.9 Å². The fourth-order valence-electron chi connectivity index (χ4n) is 7.57. The molecule has 362 valence electrons. The molecule has 1 heterocycles. The highest BCUT2D eigenvalue weighted by atomic mass is 31.2. The minimum Gasteiger partial charge on any atom is -0.462 e. The van der Waals surface area contributed by atoms with Gasteiger partial charge >= 0.3 is 19.8 Å². The van der Waals surface area contributed by atoms with Crippen LogP contribution in [0, 0.1) is 0 Å². The molecule has 0 saturated heterocycles. The minimum absolute atomic E-state index is 0.0779. The van der Waals surface area contributed by atoms with Crippen LogP contribution in [0.25, 0.3) is 0 Å². The first-order valence-corrected chi connectivity index (χ1v) is 26.7. The van der Waals surface area contributed by atoms with E-state index in [1.54, 1.807) is 6.20 Å². The van der Waals surface area contributed by atoms with Crippen LogP contribution < -0.4 is 5.73 Å². The summed E-state index contributed by atoms with van der Waals surface area (Å²) in [6, 6.07) is -0.701. The largest absolute Gasteiger partial charge is 0.474 e. The first kappa shape index (κ1) is 57.9. The van der Waals surface area contributed by atoms with Crippen molar-refractivity contribution in [1.29, 1.82) is 0 Å². The van der Waals surface area contributed by atoms with Crippen LogP contribution in [-0.4, -0.2) is 66.8 Å². The van der Waals surface area contributed by atoms with E-state index in [1.807, 2.05) is 0 Å². The maximum absolute atomic E-state index is 13.3. The molecule has 13 heteroatoms. The summed E-state index contributed by atoms with van der Waals surface area (Å²) in [6.45, 7) is 3.86. The SMILES string of the molecule is CCCCCCCCCCCCCCCCCC(=O)OCC(COP(=O)(OC)OCCCC(=O)C(N)Cc1cnc[nH]1)OC(=O)CCCCCCCCCCCCCCCCC. The lowest BCUT2D eigenvalue weighted by atomic mass is 10.0. The summed E-state index contributed by atoms with van der Waals surface area (Å²) in [6.07, 6.45) is 40.6. The second-order valence-electron chi connectivity index (χ2n) is 17.4. The minimum atomic E-state index is -4.06. The molecule has 0 saturated carbocycles. The third-order valence-corrected chi connectivity index (χ3v) is 13.0. The summed E-state index contributed by atoms with van der Waals surface area (Å²) in [4.78, 5) is 44.9. The summed E-state index contributed by atoms with van der Waals surface area (Å²) >= 11 is 0. The highest BCUT2D eigenvalue weighted by Crippen LogP contribution is 2.48. The Labute approximate surface area is 378 Å². The topological polar surface area (TPSA) is 169 Å². The Hall–Kier alpha value is -2.11. The van der Waals surface area contributed by atoms with Crippen LogP contribution >= 0.6 is 7.82 Å². The molecule has 0 bridgehead atoms. The van der Waals surface area contributed by atoms with E-state index in [9.17, 15) is 18.9 Å². The average Bonchev–Trinajstić information content (AvgIpc) is 3.79. The summed E-state index contributed by atoms with van der Waals surface area (Å²) in [5.41, 5.74) is 6.79. The zero-order valence-corrected chi connectivity index (χ0v) is 40.7. The van der Waals surface area contributed by atoms with Crippen LogP contribution in [0.5, 0.6) is 0 Å². The van der Waals surface area contributed by atoms with Gasteiger partial charge in [0, 0.05) is 44.7 Å². The van der Waals surface area contributed by atoms with Crippen LogP contribution in [0.4, 0.5) is 0 Å². The Morgan fingerprint density at radius 2 is 1.03 bits per heavy atom. The van der Waals surface area contributed by atoms with Gasteiger partial charge in [0.2, 0.25) is 0 Å². The Morgan fingerprint density at radius 3 is 1.45 bits per heavy atom. The number of unbranched alkanes of at least 4 members (excludes halogenated alkanes) is 28. The fourth-order valence-corrected chi connectivity index (χ4v) is 8.56. The number of esters is 2. The van der Waals surface area contributed by atoms with Gasteiger partial charge in [0.1, 0.15) is 12.4 Å². The molecule has 3 unspecified atom stereocenters. The number of hydrogen-bond acceptors (Lipinski definition) is 11. The zero-order valence-electron chi connectivity index (χ0n) is 39.8. The first-order valence-electron chi connectivity index (χ1n) is 25.3. The number of ether oxygens (including phenoxy) is 2. The number of hydrogen-bond donors (Lipinski definition) is 2. The van der Waals surface area contributed by atoms with E-state index in [4.69, 9.17) is 28.8 Å². The van der Waals surface area contributed by atoms with Gasteiger partial charge in [-0.1, -0.05) is 194 Å². The number of nitrogens with two attached hydrogens (primary N) is 1. The lowest BCUT2D eigenvalue weighted by Gasteiger charge is -2.21. The Kier molecular flexibility index (Phi) is 38.8. The van der Waals surface area contributed by atoms with Crippen molar-refractivity contribution in [3.63, 3.8) is 0 Å². The number of nitrogens with zero attached hydrogens (tertiary/aromatic N) is 1. The molecule has 0 amide bonds. The molecule has 0 spiro atoms. The summed E-state index contributed by atoms with van der Waals surface area (Å²) < 4.78 is 40.5. The number of carbonyl (C=O) groups is 3. The van der Waals surface area contributed by atoms with Crippen molar-refractivity contribution in [2.24, 2.45) is 5.73 Å². The first-order chi connectivity index (χ1) is 30.2. The third-order valence-electron chi connectivity index (χ3n) is 11.6. The van der Waals surface area contributed by atoms with Crippen molar-refractivity contribution in [2.75, 3.05) is 26.9 Å². The molecule has 0 aliphatic carbocycles. The van der Waals surface area contributed by atoms with Crippen molar-refractivity contribution < 1.29 is 42.0 Å². The standard InChI is InChI=1S/C49H92N3O9P/c1-4-6-8-10-12-14-16-18-20-22-24-26-28-30-32-36-48(54)58-41-45(61-49(55)37-33-31-29-27-25-23-21-19-17-15-13-11-9-7-5-2)42-60-62(56,57-3)59-38-34-35-47(53)46(50)39-44-40-51-43-52-44/h40,43,45-46H,4-39,41-42,50H2,1-3H3,(H,51,52). The van der Waals surface area contributed by atoms with Gasteiger partial charge in [-0.3, -0.25) is 28.0 Å². The van der Waals surface area contributed by atoms with Crippen LogP contribution in [0.2, 0.25) is 0 Å². The Bertz CT molecular complexity index is 1240. The number of phosphoric acid groups is 1. The molecule has 0 aliphatic rings. The van der Waals surface area contributed by atoms with E-state index in [0.29, 0.717) is 12.8 Å². The van der Waals surface area contributed by atoms with E-state index >= 15 is 0 Å². The number of ketones is 1. The van der Waals surface area contributed by atoms with Gasteiger partial charge in [-0.15, -0.1) is 0 Å². The summed E-state index contributed by atoms with van der Waals surface area (Å²) in [5, 5.41) is 0. The van der Waals surface area contributed by atoms with E-state index in [2.05, 4.69) is 23.8 Å². The number of Topliss-reactive ketones (excluding diaryl/α,β-unsaturated/α-hetero) is 1. The van der Waals surface area contributed by atoms with Crippen molar-refractivity contribution in [1.82, 2.24) is 9.97 Å². The zero-order chi connectivity index (χ0) is 45.2. The number of imidazole rings is 1. The van der Waals surface area contributed by atoms with Crippen molar-refractivity contribution in [3.05, 3.63) is 18.2 Å². The summed E-state index contributed by atoms with van der Waals surface area (Å²) in [5.74, 6) is -0.960. The second kappa shape index (κ2) is 41.6. The fraction of sp³-hybridized carbons (Fsp3) is 0.878. The van der Waals surface area contributed by atoms with Gasteiger partial charge in [0.15, 0.2) is 6.10 Å². The lowest BCUT2D eigenvalue weighted by Crippen LogP contribution is -2.32. The number of aromatic nitrogens is 2. The van der Waals surface area contributed by atoms with Crippen LogP contribution in [0.3, 0.4) is 0 Å². The van der Waals surface area contributed by atoms with Gasteiger partial charge in [-0.05, 0) is 19.3 Å². The number of carbonyl (C=O) groups excluding carboxylic acids is 3. The predicted molar refractivity (Wildman–Crippen MR) is 251 cm³/mol. The lowest BCUT2D eigenvalue weighted by molar-refractivity contribution is -0.161. The monoisotopic (exact) mass is 898 g/mol. The van der Waals surface area contributed by atoms with E-state index in [1.165, 1.54) is 161 Å². The molecule has 0 fully saturated rings. The molecule has 1 aromatic heterocycles. The highest BCUT2D eigenvalue weighted by molar-refractivity contribution is 7.48. The van der Waals surface area contributed by atoms with Gasteiger partial charge in [0.05, 0.1) is 25.6 Å². The van der Waals surface area contributed by atoms with Crippen molar-refractivity contribution in [3.8, 4) is 0 Å². The molecule has 62 heavy (non-hydrogen) atoms. The molecule has 0 aliphatic heterocycles.